The molecule has 2 radical (unpaired) electrons. The Hall–Kier alpha value is -1.65. The van der Waals surface area contributed by atoms with Crippen LogP contribution in [0, 0.1) is 0 Å². The predicted molar refractivity (Wildman–Crippen MR) is 97.8 cm³/mol. The van der Waals surface area contributed by atoms with Gasteiger partial charge in [-0.1, -0.05) is 45.5 Å². The first kappa shape index (κ1) is 20.4. The van der Waals surface area contributed by atoms with Gasteiger partial charge >= 0.3 is 5.97 Å². The van der Waals surface area contributed by atoms with Crippen LogP contribution in [0.15, 0.2) is 12.1 Å². The molecule has 0 unspecified atom stereocenters. The molecule has 24 heavy (non-hydrogen) atoms. The lowest BCUT2D eigenvalue weighted by Crippen LogP contribution is -2.17. The molecule has 5 heteroatoms. The number of ether oxygens (including phenoxy) is 3. The van der Waals surface area contributed by atoms with Crippen LogP contribution < -0.4 is 14.9 Å². The Kier molecular flexibility index (Phi) is 10.1. The molecular weight excluding hydrogens is 303 g/mol. The normalized spacial score (nSPS) is 10.5. The number of carbonyl (C=O) groups is 1. The van der Waals surface area contributed by atoms with Gasteiger partial charge in [-0.3, -0.25) is 0 Å². The molecule has 0 aliphatic heterocycles. The summed E-state index contributed by atoms with van der Waals surface area (Å²) in [5.41, 5.74) is 0.791. The lowest BCUT2D eigenvalue weighted by molar-refractivity contribution is 0.0495. The van der Waals surface area contributed by atoms with Crippen LogP contribution in [0.5, 0.6) is 11.5 Å². The maximum Gasteiger partial charge on any atom is 0.341 e. The average Bonchev–Trinajstić information content (AvgIpc) is 2.57. The van der Waals surface area contributed by atoms with E-state index in [0.717, 1.165) is 38.5 Å². The average molecular weight is 332 g/mol. The molecule has 0 saturated carbocycles. The predicted octanol–water partition coefficient (Wildman–Crippen LogP) is 3.80. The second-order valence-electron chi connectivity index (χ2n) is 5.78. The first-order valence-corrected chi connectivity index (χ1v) is 9.00. The van der Waals surface area contributed by atoms with Crippen LogP contribution in [0.4, 0.5) is 0 Å². The first-order chi connectivity index (χ1) is 11.6. The largest absolute Gasteiger partial charge is 0.494 e. The van der Waals surface area contributed by atoms with Gasteiger partial charge in [0.25, 0.3) is 0 Å². The molecule has 0 heterocycles. The Morgan fingerprint density at radius 3 is 2.00 bits per heavy atom. The molecule has 0 spiro atoms. The van der Waals surface area contributed by atoms with E-state index in [1.54, 1.807) is 12.1 Å². The van der Waals surface area contributed by atoms with Gasteiger partial charge in [-0.15, -0.1) is 0 Å². The second-order valence-corrected chi connectivity index (χ2v) is 5.78. The fourth-order valence-electron chi connectivity index (χ4n) is 2.02. The zero-order valence-corrected chi connectivity index (χ0v) is 15.2. The Labute approximate surface area is 147 Å². The third-order valence-electron chi connectivity index (χ3n) is 3.57. The molecular formula is C19H29BO4. The van der Waals surface area contributed by atoms with E-state index >= 15 is 0 Å². The van der Waals surface area contributed by atoms with Crippen molar-refractivity contribution in [3.05, 3.63) is 17.7 Å². The van der Waals surface area contributed by atoms with Crippen LogP contribution in [0.1, 0.15) is 69.7 Å². The van der Waals surface area contributed by atoms with Crippen molar-refractivity contribution in [1.29, 1.82) is 0 Å². The number of unbranched alkanes of at least 4 members (excludes halogenated alkanes) is 3. The number of esters is 1. The van der Waals surface area contributed by atoms with Crippen molar-refractivity contribution in [2.45, 2.75) is 59.3 Å². The Bertz CT molecular complexity index is 502. The summed E-state index contributed by atoms with van der Waals surface area (Å²) < 4.78 is 16.8. The van der Waals surface area contributed by atoms with Gasteiger partial charge in [-0.05, 0) is 25.3 Å². The maximum atomic E-state index is 12.3. The van der Waals surface area contributed by atoms with Gasteiger partial charge in [-0.25, -0.2) is 4.79 Å². The minimum Gasteiger partial charge on any atom is -0.494 e. The fourth-order valence-corrected chi connectivity index (χ4v) is 2.02. The van der Waals surface area contributed by atoms with E-state index in [2.05, 4.69) is 13.8 Å². The number of carbonyl (C=O) groups excluding carboxylic acids is 1. The van der Waals surface area contributed by atoms with Gasteiger partial charge in [0.15, 0.2) is 0 Å². The molecule has 0 N–H and O–H groups in total. The smallest absolute Gasteiger partial charge is 0.341 e. The Balaban J connectivity index is 2.92. The molecule has 0 atom stereocenters. The first-order valence-electron chi connectivity index (χ1n) is 9.00. The van der Waals surface area contributed by atoms with Crippen molar-refractivity contribution in [1.82, 2.24) is 0 Å². The standard InChI is InChI=1S/C19H29BO4/c1-4-7-10-22-17-14-18(23-11-8-5-2)16(20)13-15(17)19(21)24-12-9-6-3/h13-14H,4-12H2,1-3H3. The fraction of sp³-hybridized carbons (Fsp3) is 0.632. The Morgan fingerprint density at radius 1 is 0.875 bits per heavy atom. The molecule has 1 aromatic rings. The third-order valence-corrected chi connectivity index (χ3v) is 3.57. The van der Waals surface area contributed by atoms with Crippen LogP contribution in [0.25, 0.3) is 0 Å². The molecule has 4 nitrogen and oxygen atoms in total. The molecule has 0 aliphatic carbocycles. The van der Waals surface area contributed by atoms with Crippen LogP contribution in [-0.2, 0) is 4.74 Å². The SMILES string of the molecule is [B]c1cc(C(=O)OCCCC)c(OCCCC)cc1OCCCC. The molecule has 132 valence electrons. The molecule has 1 aromatic carbocycles. The van der Waals surface area contributed by atoms with E-state index < -0.39 is 5.97 Å². The summed E-state index contributed by atoms with van der Waals surface area (Å²) in [4.78, 5) is 12.3. The van der Waals surface area contributed by atoms with Crippen molar-refractivity contribution in [3.8, 4) is 11.5 Å². The van der Waals surface area contributed by atoms with E-state index in [1.165, 1.54) is 0 Å². The lowest BCUT2D eigenvalue weighted by Gasteiger charge is -2.16. The van der Waals surface area contributed by atoms with Gasteiger partial charge in [-0.2, -0.15) is 0 Å². The van der Waals surface area contributed by atoms with Crippen molar-refractivity contribution < 1.29 is 19.0 Å². The minimum absolute atomic E-state index is 0.363. The van der Waals surface area contributed by atoms with E-state index in [4.69, 9.17) is 22.1 Å². The summed E-state index contributed by atoms with van der Waals surface area (Å²) in [6, 6.07) is 3.30. The van der Waals surface area contributed by atoms with Gasteiger partial charge in [0.2, 0.25) is 0 Å². The van der Waals surface area contributed by atoms with Crippen molar-refractivity contribution >= 4 is 19.3 Å². The van der Waals surface area contributed by atoms with Gasteiger partial charge < -0.3 is 14.2 Å². The summed E-state index contributed by atoms with van der Waals surface area (Å²) in [5.74, 6) is 0.632. The van der Waals surface area contributed by atoms with E-state index in [0.29, 0.717) is 42.3 Å². The van der Waals surface area contributed by atoms with Crippen LogP contribution in [0.3, 0.4) is 0 Å². The molecule has 0 fully saturated rings. The summed E-state index contributed by atoms with van der Waals surface area (Å²) in [5, 5.41) is 0. The topological polar surface area (TPSA) is 44.8 Å². The van der Waals surface area contributed by atoms with Crippen LogP contribution in [0.2, 0.25) is 0 Å². The minimum atomic E-state index is -0.401. The highest BCUT2D eigenvalue weighted by molar-refractivity contribution is 6.34. The maximum absolute atomic E-state index is 12.3. The van der Waals surface area contributed by atoms with E-state index in [-0.39, 0.29) is 0 Å². The highest BCUT2D eigenvalue weighted by Crippen LogP contribution is 2.25. The number of hydrogen-bond acceptors (Lipinski definition) is 4. The summed E-state index contributed by atoms with van der Waals surface area (Å²) in [6.45, 7) is 7.78. The molecule has 1 rings (SSSR count). The quantitative estimate of drug-likeness (QED) is 0.332. The van der Waals surface area contributed by atoms with Gasteiger partial charge in [0, 0.05) is 6.07 Å². The number of rotatable bonds is 12. The van der Waals surface area contributed by atoms with Crippen molar-refractivity contribution in [2.24, 2.45) is 0 Å². The monoisotopic (exact) mass is 332 g/mol. The van der Waals surface area contributed by atoms with Crippen molar-refractivity contribution in [3.63, 3.8) is 0 Å². The molecule has 0 amide bonds. The molecule has 0 saturated heterocycles. The molecule has 0 aliphatic rings. The highest BCUT2D eigenvalue weighted by atomic mass is 16.5. The van der Waals surface area contributed by atoms with E-state index in [9.17, 15) is 4.79 Å². The second kappa shape index (κ2) is 11.8. The van der Waals surface area contributed by atoms with Gasteiger partial charge in [0.1, 0.15) is 24.9 Å². The van der Waals surface area contributed by atoms with Gasteiger partial charge in [0.05, 0.1) is 19.8 Å². The highest BCUT2D eigenvalue weighted by Gasteiger charge is 2.17. The lowest BCUT2D eigenvalue weighted by atomic mass is 9.92. The van der Waals surface area contributed by atoms with E-state index in [1.807, 2.05) is 6.92 Å². The zero-order valence-electron chi connectivity index (χ0n) is 15.2. The molecule has 0 aromatic heterocycles. The van der Waals surface area contributed by atoms with Crippen LogP contribution in [-0.4, -0.2) is 33.6 Å². The zero-order chi connectivity index (χ0) is 17.8. The van der Waals surface area contributed by atoms with Crippen LogP contribution >= 0.6 is 0 Å². The number of hydrogen-bond donors (Lipinski definition) is 0. The Morgan fingerprint density at radius 2 is 1.42 bits per heavy atom. The van der Waals surface area contributed by atoms with Crippen molar-refractivity contribution in [2.75, 3.05) is 19.8 Å². The molecule has 0 bridgehead atoms. The third kappa shape index (κ3) is 6.85. The summed E-state index contributed by atoms with van der Waals surface area (Å²) in [7, 11) is 6.03. The summed E-state index contributed by atoms with van der Waals surface area (Å²) in [6.07, 6.45) is 5.74. The number of benzene rings is 1. The summed E-state index contributed by atoms with van der Waals surface area (Å²) >= 11 is 0.